The van der Waals surface area contributed by atoms with Gasteiger partial charge >= 0.3 is 5.97 Å². The van der Waals surface area contributed by atoms with Crippen molar-refractivity contribution in [2.75, 3.05) is 26.6 Å². The number of benzene rings is 2. The zero-order valence-electron chi connectivity index (χ0n) is 19.2. The monoisotopic (exact) mass is 429 g/mol. The summed E-state index contributed by atoms with van der Waals surface area (Å²) in [5.74, 6) is 0.648. The Morgan fingerprint density at radius 3 is 2.10 bits per heavy atom. The van der Waals surface area contributed by atoms with Gasteiger partial charge in [0.25, 0.3) is 5.91 Å². The largest absolute Gasteiger partial charge is 0.493 e. The molecule has 0 bridgehead atoms. The first-order valence-corrected chi connectivity index (χ1v) is 10.1. The van der Waals surface area contributed by atoms with E-state index in [1.165, 1.54) is 21.3 Å². The molecule has 0 spiro atoms. The highest BCUT2D eigenvalue weighted by Crippen LogP contribution is 2.38. The van der Waals surface area contributed by atoms with Crippen LogP contribution >= 0.6 is 0 Å². The summed E-state index contributed by atoms with van der Waals surface area (Å²) in [5.41, 5.74) is 3.36. The van der Waals surface area contributed by atoms with Gasteiger partial charge in [0.05, 0.1) is 27.8 Å². The van der Waals surface area contributed by atoms with Crippen LogP contribution in [-0.2, 0) is 20.7 Å². The van der Waals surface area contributed by atoms with E-state index in [2.05, 4.69) is 19.2 Å². The fourth-order valence-electron chi connectivity index (χ4n) is 3.26. The number of anilines is 1. The Balaban J connectivity index is 2.09. The Kier molecular flexibility index (Phi) is 8.30. The smallest absolute Gasteiger partial charge is 0.311 e. The quantitative estimate of drug-likeness (QED) is 0.600. The molecule has 0 saturated carbocycles. The summed E-state index contributed by atoms with van der Waals surface area (Å²) in [6.07, 6.45) is -0.996. The van der Waals surface area contributed by atoms with E-state index in [1.54, 1.807) is 19.1 Å². The van der Waals surface area contributed by atoms with Crippen molar-refractivity contribution in [1.82, 2.24) is 0 Å². The molecule has 0 fully saturated rings. The molecule has 7 nitrogen and oxygen atoms in total. The van der Waals surface area contributed by atoms with Gasteiger partial charge in [0, 0.05) is 5.69 Å². The van der Waals surface area contributed by atoms with Gasteiger partial charge in [-0.25, -0.2) is 0 Å². The van der Waals surface area contributed by atoms with Crippen molar-refractivity contribution < 1.29 is 28.5 Å². The van der Waals surface area contributed by atoms with Crippen molar-refractivity contribution in [2.45, 2.75) is 46.1 Å². The Bertz CT molecular complexity index is 913. The zero-order valence-corrected chi connectivity index (χ0v) is 19.2. The van der Waals surface area contributed by atoms with E-state index >= 15 is 0 Å². The van der Waals surface area contributed by atoms with E-state index in [4.69, 9.17) is 18.9 Å². The Morgan fingerprint density at radius 2 is 1.58 bits per heavy atom. The average molecular weight is 430 g/mol. The summed E-state index contributed by atoms with van der Waals surface area (Å²) in [7, 11) is 4.51. The molecule has 2 aromatic rings. The highest BCUT2D eigenvalue weighted by atomic mass is 16.5. The molecule has 0 aromatic heterocycles. The van der Waals surface area contributed by atoms with Crippen LogP contribution in [0.5, 0.6) is 17.2 Å². The summed E-state index contributed by atoms with van der Waals surface area (Å²) < 4.78 is 21.3. The van der Waals surface area contributed by atoms with Crippen molar-refractivity contribution in [2.24, 2.45) is 0 Å². The average Bonchev–Trinajstić information content (AvgIpc) is 2.73. The lowest BCUT2D eigenvalue weighted by Gasteiger charge is -2.19. The molecule has 1 amide bonds. The third-order valence-electron chi connectivity index (χ3n) is 4.93. The van der Waals surface area contributed by atoms with Crippen LogP contribution in [-0.4, -0.2) is 39.3 Å². The number of esters is 1. The van der Waals surface area contributed by atoms with E-state index in [1.807, 2.05) is 25.1 Å². The number of carbonyl (C=O) groups excluding carboxylic acids is 2. The summed E-state index contributed by atoms with van der Waals surface area (Å²) in [5, 5.41) is 2.91. The van der Waals surface area contributed by atoms with Gasteiger partial charge in [0.15, 0.2) is 17.6 Å². The number of aryl methyl sites for hydroxylation is 1. The topological polar surface area (TPSA) is 83.1 Å². The van der Waals surface area contributed by atoms with Crippen LogP contribution in [0.25, 0.3) is 0 Å². The predicted molar refractivity (Wildman–Crippen MR) is 119 cm³/mol. The second-order valence-corrected chi connectivity index (χ2v) is 7.53. The van der Waals surface area contributed by atoms with Gasteiger partial charge in [-0.2, -0.15) is 0 Å². The fourth-order valence-corrected chi connectivity index (χ4v) is 3.26. The minimum absolute atomic E-state index is 0.0457. The molecule has 0 aliphatic carbocycles. The van der Waals surface area contributed by atoms with Crippen LogP contribution in [0.3, 0.4) is 0 Å². The molecule has 0 aliphatic rings. The summed E-state index contributed by atoms with van der Waals surface area (Å²) >= 11 is 0. The van der Waals surface area contributed by atoms with Gasteiger partial charge in [0.1, 0.15) is 0 Å². The Morgan fingerprint density at radius 1 is 0.968 bits per heavy atom. The minimum Gasteiger partial charge on any atom is -0.493 e. The van der Waals surface area contributed by atoms with E-state index in [0.717, 1.165) is 16.8 Å². The molecule has 0 unspecified atom stereocenters. The lowest BCUT2D eigenvalue weighted by Crippen LogP contribution is -2.31. The molecular formula is C24H31NO6. The highest BCUT2D eigenvalue weighted by molar-refractivity contribution is 5.96. The van der Waals surface area contributed by atoms with Crippen LogP contribution in [0, 0.1) is 6.92 Å². The maximum atomic E-state index is 12.7. The van der Waals surface area contributed by atoms with E-state index in [0.29, 0.717) is 22.8 Å². The summed E-state index contributed by atoms with van der Waals surface area (Å²) in [6, 6.07) is 9.23. The maximum absolute atomic E-state index is 12.7. The van der Waals surface area contributed by atoms with Crippen molar-refractivity contribution in [3.8, 4) is 17.2 Å². The van der Waals surface area contributed by atoms with Crippen LogP contribution in [0.1, 0.15) is 43.4 Å². The first-order valence-electron chi connectivity index (χ1n) is 10.1. The molecule has 7 heteroatoms. The van der Waals surface area contributed by atoms with Crippen LogP contribution in [0.15, 0.2) is 30.3 Å². The molecule has 0 radical (unpaired) electrons. The van der Waals surface area contributed by atoms with Crippen LogP contribution in [0.2, 0.25) is 0 Å². The van der Waals surface area contributed by atoms with Crippen molar-refractivity contribution in [3.63, 3.8) is 0 Å². The highest BCUT2D eigenvalue weighted by Gasteiger charge is 2.22. The molecular weight excluding hydrogens is 398 g/mol. The second kappa shape index (κ2) is 10.7. The second-order valence-electron chi connectivity index (χ2n) is 7.53. The van der Waals surface area contributed by atoms with Gasteiger partial charge in [-0.15, -0.1) is 0 Å². The number of ether oxygens (including phenoxy) is 4. The zero-order chi connectivity index (χ0) is 23.1. The summed E-state index contributed by atoms with van der Waals surface area (Å²) in [6.45, 7) is 7.61. The minimum atomic E-state index is -0.950. The number of rotatable bonds is 9. The standard InChI is InChI=1S/C24H31NO6/c1-14(2)18-10-8-9-15(3)22(18)25-24(27)16(4)31-21(26)13-17-11-19(28-5)23(30-7)20(12-17)29-6/h8-12,14,16H,13H2,1-7H3,(H,25,27)/t16-/m0/s1. The number of amides is 1. The van der Waals surface area contributed by atoms with Crippen molar-refractivity contribution >= 4 is 17.6 Å². The fraction of sp³-hybridized carbons (Fsp3) is 0.417. The van der Waals surface area contributed by atoms with E-state index in [9.17, 15) is 9.59 Å². The Hall–Kier alpha value is -3.22. The number of nitrogens with one attached hydrogen (secondary N) is 1. The number of carbonyl (C=O) groups is 2. The molecule has 1 atom stereocenters. The normalized spacial score (nSPS) is 11.6. The maximum Gasteiger partial charge on any atom is 0.311 e. The van der Waals surface area contributed by atoms with Gasteiger partial charge < -0.3 is 24.3 Å². The van der Waals surface area contributed by atoms with Gasteiger partial charge in [0.2, 0.25) is 5.75 Å². The third-order valence-corrected chi connectivity index (χ3v) is 4.93. The van der Waals surface area contributed by atoms with E-state index < -0.39 is 12.1 Å². The summed E-state index contributed by atoms with van der Waals surface area (Å²) in [4.78, 5) is 25.1. The van der Waals surface area contributed by atoms with Crippen molar-refractivity contribution in [1.29, 1.82) is 0 Å². The molecule has 2 rings (SSSR count). The first-order chi connectivity index (χ1) is 14.7. The molecule has 168 valence electrons. The first kappa shape index (κ1) is 24.1. The molecule has 0 aliphatic heterocycles. The van der Waals surface area contributed by atoms with Crippen LogP contribution < -0.4 is 19.5 Å². The molecule has 31 heavy (non-hydrogen) atoms. The van der Waals surface area contributed by atoms with Crippen molar-refractivity contribution in [3.05, 3.63) is 47.0 Å². The SMILES string of the molecule is COc1cc(CC(=O)O[C@@H](C)C(=O)Nc2c(C)cccc2C(C)C)cc(OC)c1OC. The van der Waals surface area contributed by atoms with Gasteiger partial charge in [-0.1, -0.05) is 32.0 Å². The predicted octanol–water partition coefficient (Wildman–Crippen LogP) is 4.26. The molecule has 0 heterocycles. The number of hydrogen-bond donors (Lipinski definition) is 1. The lowest BCUT2D eigenvalue weighted by molar-refractivity contribution is -0.152. The number of para-hydroxylation sites is 1. The van der Waals surface area contributed by atoms with Crippen LogP contribution in [0.4, 0.5) is 5.69 Å². The molecule has 0 saturated heterocycles. The van der Waals surface area contributed by atoms with Gasteiger partial charge in [-0.05, 0) is 48.6 Å². The lowest BCUT2D eigenvalue weighted by atomic mass is 9.98. The molecule has 2 aromatic carbocycles. The van der Waals surface area contributed by atoms with Gasteiger partial charge in [-0.3, -0.25) is 9.59 Å². The van der Waals surface area contributed by atoms with E-state index in [-0.39, 0.29) is 18.2 Å². The number of methoxy groups -OCH3 is 3. The molecule has 1 N–H and O–H groups in total. The third kappa shape index (κ3) is 5.90. The number of hydrogen-bond acceptors (Lipinski definition) is 6. The Labute approximate surface area is 183 Å².